The summed E-state index contributed by atoms with van der Waals surface area (Å²) in [6.07, 6.45) is 1.40. The fourth-order valence-corrected chi connectivity index (χ4v) is 1.93. The van der Waals surface area contributed by atoms with Gasteiger partial charge in [-0.05, 0) is 18.4 Å². The van der Waals surface area contributed by atoms with E-state index in [4.69, 9.17) is 0 Å². The van der Waals surface area contributed by atoms with Crippen LogP contribution < -0.4 is 5.32 Å². The normalized spacial score (nSPS) is 9.72. The molecule has 2 amide bonds. The van der Waals surface area contributed by atoms with Gasteiger partial charge < -0.3 is 15.0 Å². The Morgan fingerprint density at radius 2 is 2.06 bits per heavy atom. The topological polar surface area (TPSA) is 58.6 Å². The molecule has 98 valence electrons. The molecular formula is C12H16N2O3S. The van der Waals surface area contributed by atoms with Gasteiger partial charge in [-0.3, -0.25) is 4.79 Å². The lowest BCUT2D eigenvalue weighted by Gasteiger charge is -2.15. The first kappa shape index (κ1) is 14.4. The maximum atomic E-state index is 11.7. The molecule has 0 saturated heterocycles. The van der Waals surface area contributed by atoms with E-state index < -0.39 is 6.09 Å². The molecule has 5 nitrogen and oxygen atoms in total. The lowest BCUT2D eigenvalue weighted by molar-refractivity contribution is -0.116. The number of hydrogen-bond donors (Lipinski definition) is 1. The monoisotopic (exact) mass is 268 g/mol. The highest BCUT2D eigenvalue weighted by molar-refractivity contribution is 7.98. The van der Waals surface area contributed by atoms with Crippen molar-refractivity contribution < 1.29 is 14.3 Å². The number of thioether (sulfide) groups is 1. The Kier molecular flexibility index (Phi) is 5.51. The van der Waals surface area contributed by atoms with E-state index in [9.17, 15) is 9.59 Å². The second kappa shape index (κ2) is 6.90. The van der Waals surface area contributed by atoms with Crippen molar-refractivity contribution in [3.8, 4) is 0 Å². The summed E-state index contributed by atoms with van der Waals surface area (Å²) in [6, 6.07) is 7.49. The number of amides is 2. The molecule has 1 aromatic rings. The number of nitrogens with zero attached hydrogens (tertiary/aromatic N) is 1. The van der Waals surface area contributed by atoms with Crippen LogP contribution in [0.2, 0.25) is 0 Å². The summed E-state index contributed by atoms with van der Waals surface area (Å²) >= 11 is 1.55. The molecular weight excluding hydrogens is 252 g/mol. The number of ether oxygens (including phenoxy) is 1. The van der Waals surface area contributed by atoms with Crippen molar-refractivity contribution >= 4 is 29.4 Å². The highest BCUT2D eigenvalue weighted by Crippen LogP contribution is 2.24. The van der Waals surface area contributed by atoms with Crippen LogP contribution in [-0.4, -0.2) is 43.9 Å². The first-order chi connectivity index (χ1) is 8.58. The maximum absolute atomic E-state index is 11.7. The summed E-state index contributed by atoms with van der Waals surface area (Å²) in [5.41, 5.74) is 0.744. The van der Waals surface area contributed by atoms with Gasteiger partial charge >= 0.3 is 6.09 Å². The van der Waals surface area contributed by atoms with Crippen LogP contribution in [0.5, 0.6) is 0 Å². The van der Waals surface area contributed by atoms with Crippen LogP contribution in [0.15, 0.2) is 29.2 Å². The van der Waals surface area contributed by atoms with E-state index in [2.05, 4.69) is 10.1 Å². The number of benzene rings is 1. The molecule has 0 bridgehead atoms. The van der Waals surface area contributed by atoms with Crippen LogP contribution in [0.3, 0.4) is 0 Å². The zero-order valence-electron chi connectivity index (χ0n) is 10.6. The molecule has 0 heterocycles. The molecule has 0 aliphatic heterocycles. The molecule has 0 atom stereocenters. The number of para-hydroxylation sites is 1. The molecule has 6 heteroatoms. The van der Waals surface area contributed by atoms with E-state index in [1.54, 1.807) is 11.8 Å². The highest BCUT2D eigenvalue weighted by Gasteiger charge is 2.13. The first-order valence-electron chi connectivity index (χ1n) is 5.30. The standard InChI is InChI=1S/C12H16N2O3S/c1-14(12(16)17-2)8-11(15)13-9-6-4-5-7-10(9)18-3/h4-7H,8H2,1-3H3,(H,13,15). The van der Waals surface area contributed by atoms with Crippen LogP contribution in [0.4, 0.5) is 10.5 Å². The predicted octanol–water partition coefficient (Wildman–Crippen LogP) is 2.05. The lowest BCUT2D eigenvalue weighted by atomic mass is 10.3. The molecule has 0 spiro atoms. The second-order valence-electron chi connectivity index (χ2n) is 3.57. The van der Waals surface area contributed by atoms with Crippen LogP contribution >= 0.6 is 11.8 Å². The Labute approximate surface area is 110 Å². The van der Waals surface area contributed by atoms with Crippen LogP contribution in [-0.2, 0) is 9.53 Å². The van der Waals surface area contributed by atoms with E-state index in [0.717, 1.165) is 10.6 Å². The average molecular weight is 268 g/mol. The Bertz CT molecular complexity index is 437. The minimum absolute atomic E-state index is 0.0462. The summed E-state index contributed by atoms with van der Waals surface area (Å²) in [6.45, 7) is -0.0462. The fourth-order valence-electron chi connectivity index (χ4n) is 1.37. The fraction of sp³-hybridized carbons (Fsp3) is 0.333. The van der Waals surface area contributed by atoms with Gasteiger partial charge in [-0.2, -0.15) is 0 Å². The van der Waals surface area contributed by atoms with E-state index in [1.165, 1.54) is 19.1 Å². The zero-order chi connectivity index (χ0) is 13.5. The number of hydrogen-bond acceptors (Lipinski definition) is 4. The average Bonchev–Trinajstić information content (AvgIpc) is 2.38. The summed E-state index contributed by atoms with van der Waals surface area (Å²) in [5, 5.41) is 2.76. The van der Waals surface area contributed by atoms with Gasteiger partial charge in [0.2, 0.25) is 5.91 Å². The molecule has 0 aliphatic rings. The van der Waals surface area contributed by atoms with Crippen LogP contribution in [0.1, 0.15) is 0 Å². The van der Waals surface area contributed by atoms with Gasteiger partial charge in [-0.25, -0.2) is 4.79 Å². The molecule has 0 unspecified atom stereocenters. The third kappa shape index (κ3) is 3.96. The molecule has 0 saturated carbocycles. The molecule has 1 aromatic carbocycles. The third-order valence-corrected chi connectivity index (χ3v) is 3.04. The summed E-state index contributed by atoms with van der Waals surface area (Å²) in [5.74, 6) is -0.260. The van der Waals surface area contributed by atoms with Crippen molar-refractivity contribution in [1.29, 1.82) is 0 Å². The van der Waals surface area contributed by atoms with Crippen molar-refractivity contribution in [2.24, 2.45) is 0 Å². The van der Waals surface area contributed by atoms with Crippen molar-refractivity contribution in [2.75, 3.05) is 32.3 Å². The third-order valence-electron chi connectivity index (χ3n) is 2.25. The van der Waals surface area contributed by atoms with E-state index in [0.29, 0.717) is 0 Å². The Morgan fingerprint density at radius 1 is 1.39 bits per heavy atom. The van der Waals surface area contributed by atoms with Gasteiger partial charge in [0.15, 0.2) is 0 Å². The van der Waals surface area contributed by atoms with E-state index in [-0.39, 0.29) is 12.5 Å². The molecule has 0 aliphatic carbocycles. The number of methoxy groups -OCH3 is 1. The molecule has 1 rings (SSSR count). The number of carbonyl (C=O) groups excluding carboxylic acids is 2. The highest BCUT2D eigenvalue weighted by atomic mass is 32.2. The number of rotatable bonds is 4. The van der Waals surface area contributed by atoms with E-state index in [1.807, 2.05) is 30.5 Å². The summed E-state index contributed by atoms with van der Waals surface area (Å²) in [4.78, 5) is 25.1. The van der Waals surface area contributed by atoms with Gasteiger partial charge in [-0.15, -0.1) is 11.8 Å². The zero-order valence-corrected chi connectivity index (χ0v) is 11.4. The van der Waals surface area contributed by atoms with Gasteiger partial charge in [0.1, 0.15) is 6.54 Å². The molecule has 18 heavy (non-hydrogen) atoms. The minimum atomic E-state index is -0.539. The van der Waals surface area contributed by atoms with Gasteiger partial charge in [0.05, 0.1) is 12.8 Å². The Hall–Kier alpha value is -1.69. The van der Waals surface area contributed by atoms with Gasteiger partial charge in [-0.1, -0.05) is 12.1 Å². The largest absolute Gasteiger partial charge is 0.453 e. The Balaban J connectivity index is 2.62. The minimum Gasteiger partial charge on any atom is -0.453 e. The molecule has 0 aromatic heterocycles. The molecule has 0 radical (unpaired) electrons. The van der Waals surface area contributed by atoms with Crippen LogP contribution in [0.25, 0.3) is 0 Å². The van der Waals surface area contributed by atoms with Crippen LogP contribution in [0, 0.1) is 0 Å². The van der Waals surface area contributed by atoms with Gasteiger partial charge in [0, 0.05) is 11.9 Å². The molecule has 0 fully saturated rings. The van der Waals surface area contributed by atoms with Crippen molar-refractivity contribution in [2.45, 2.75) is 4.90 Å². The quantitative estimate of drug-likeness (QED) is 0.849. The number of anilines is 1. The first-order valence-corrected chi connectivity index (χ1v) is 6.53. The summed E-state index contributed by atoms with van der Waals surface area (Å²) in [7, 11) is 2.78. The van der Waals surface area contributed by atoms with Gasteiger partial charge in [0.25, 0.3) is 0 Å². The lowest BCUT2D eigenvalue weighted by Crippen LogP contribution is -2.34. The van der Waals surface area contributed by atoms with E-state index >= 15 is 0 Å². The van der Waals surface area contributed by atoms with Crippen molar-refractivity contribution in [3.05, 3.63) is 24.3 Å². The molecule has 1 N–H and O–H groups in total. The Morgan fingerprint density at radius 3 is 2.67 bits per heavy atom. The second-order valence-corrected chi connectivity index (χ2v) is 4.42. The number of nitrogens with one attached hydrogen (secondary N) is 1. The SMILES string of the molecule is COC(=O)N(C)CC(=O)Nc1ccccc1SC. The maximum Gasteiger partial charge on any atom is 0.409 e. The number of likely N-dealkylation sites (N-methyl/N-ethyl adjacent to an activating group) is 1. The van der Waals surface area contributed by atoms with Crippen molar-refractivity contribution in [3.63, 3.8) is 0 Å². The number of carbonyl (C=O) groups is 2. The summed E-state index contributed by atoms with van der Waals surface area (Å²) < 4.78 is 4.51. The smallest absolute Gasteiger partial charge is 0.409 e. The predicted molar refractivity (Wildman–Crippen MR) is 71.9 cm³/mol. The van der Waals surface area contributed by atoms with Crippen molar-refractivity contribution in [1.82, 2.24) is 4.90 Å².